The van der Waals surface area contributed by atoms with Gasteiger partial charge in [-0.15, -0.1) is 0 Å². The van der Waals surface area contributed by atoms with Gasteiger partial charge in [-0.1, -0.05) is 6.07 Å². The summed E-state index contributed by atoms with van der Waals surface area (Å²) in [5, 5.41) is 0. The lowest BCUT2D eigenvalue weighted by Crippen LogP contribution is -2.15. The van der Waals surface area contributed by atoms with Crippen molar-refractivity contribution in [3.05, 3.63) is 53.4 Å². The summed E-state index contributed by atoms with van der Waals surface area (Å²) < 4.78 is 0. The molecule has 16 heavy (non-hydrogen) atoms. The lowest BCUT2D eigenvalue weighted by molar-refractivity contribution is 0.772. The largest absolute Gasteiger partial charge is 0.318 e. The molecule has 0 aromatic carbocycles. The first-order valence-electron chi connectivity index (χ1n) is 5.12. The van der Waals surface area contributed by atoms with Crippen LogP contribution in [0.4, 0.5) is 0 Å². The molecule has 0 fully saturated rings. The summed E-state index contributed by atoms with van der Waals surface area (Å²) in [5.41, 5.74) is 9.11. The predicted molar refractivity (Wildman–Crippen MR) is 61.8 cm³/mol. The molecule has 0 saturated carbocycles. The van der Waals surface area contributed by atoms with Crippen LogP contribution in [-0.4, -0.2) is 15.0 Å². The molecule has 2 aromatic heterocycles. The Balaban J connectivity index is 2.31. The molecule has 4 heteroatoms. The Morgan fingerprint density at radius 1 is 1.00 bits per heavy atom. The van der Waals surface area contributed by atoms with Crippen LogP contribution in [0.25, 0.3) is 0 Å². The fourth-order valence-corrected chi connectivity index (χ4v) is 1.46. The van der Waals surface area contributed by atoms with Gasteiger partial charge in [0.15, 0.2) is 0 Å². The van der Waals surface area contributed by atoms with E-state index in [1.54, 1.807) is 24.8 Å². The molecule has 2 aromatic rings. The lowest BCUT2D eigenvalue weighted by atomic mass is 10.1. The zero-order valence-electron chi connectivity index (χ0n) is 9.38. The molecule has 0 amide bonds. The maximum Gasteiger partial charge on any atom is 0.149 e. The van der Waals surface area contributed by atoms with E-state index in [0.717, 1.165) is 16.7 Å². The number of nitrogens with two attached hydrogens (primary N) is 1. The number of aromatic nitrogens is 3. The Kier molecular flexibility index (Phi) is 2.92. The molecule has 2 N–H and O–H groups in total. The van der Waals surface area contributed by atoms with Gasteiger partial charge in [-0.25, -0.2) is 9.97 Å². The average Bonchev–Trinajstić information content (AvgIpc) is 2.29. The van der Waals surface area contributed by atoms with E-state index in [1.165, 1.54) is 0 Å². The van der Waals surface area contributed by atoms with Crippen LogP contribution in [0.3, 0.4) is 0 Å². The Bertz CT molecular complexity index is 479. The minimum atomic E-state index is -0.312. The summed E-state index contributed by atoms with van der Waals surface area (Å²) in [6.45, 7) is 3.93. The predicted octanol–water partition coefficient (Wildman–Crippen LogP) is 1.54. The summed E-state index contributed by atoms with van der Waals surface area (Å²) in [7, 11) is 0. The molecule has 0 radical (unpaired) electrons. The van der Waals surface area contributed by atoms with Gasteiger partial charge in [-0.2, -0.15) is 0 Å². The normalized spacial score (nSPS) is 12.4. The van der Waals surface area contributed by atoms with Crippen molar-refractivity contribution in [2.75, 3.05) is 0 Å². The number of rotatable bonds is 2. The van der Waals surface area contributed by atoms with Crippen molar-refractivity contribution in [3.63, 3.8) is 0 Å². The highest BCUT2D eigenvalue weighted by Crippen LogP contribution is 2.15. The summed E-state index contributed by atoms with van der Waals surface area (Å²) in [5.74, 6) is 0.623. The van der Waals surface area contributed by atoms with E-state index in [-0.39, 0.29) is 6.04 Å². The average molecular weight is 214 g/mol. The van der Waals surface area contributed by atoms with Crippen molar-refractivity contribution in [1.82, 2.24) is 15.0 Å². The van der Waals surface area contributed by atoms with Crippen molar-refractivity contribution in [2.45, 2.75) is 19.9 Å². The van der Waals surface area contributed by atoms with Crippen molar-refractivity contribution < 1.29 is 0 Å². The van der Waals surface area contributed by atoms with Gasteiger partial charge in [0.05, 0.1) is 6.04 Å². The topological polar surface area (TPSA) is 64.7 Å². The number of hydrogen-bond acceptors (Lipinski definition) is 4. The lowest BCUT2D eigenvalue weighted by Gasteiger charge is -2.10. The van der Waals surface area contributed by atoms with Crippen LogP contribution in [0.5, 0.6) is 0 Å². The number of hydrogen-bond donors (Lipinski definition) is 1. The molecule has 0 spiro atoms. The third-order valence-electron chi connectivity index (χ3n) is 2.33. The van der Waals surface area contributed by atoms with Gasteiger partial charge in [0, 0.05) is 24.8 Å². The Morgan fingerprint density at radius 2 is 1.69 bits per heavy atom. The molecule has 0 aliphatic carbocycles. The van der Waals surface area contributed by atoms with Crippen molar-refractivity contribution in [3.8, 4) is 0 Å². The minimum Gasteiger partial charge on any atom is -0.318 e. The maximum absolute atomic E-state index is 6.07. The second-order valence-electron chi connectivity index (χ2n) is 3.89. The van der Waals surface area contributed by atoms with Gasteiger partial charge in [0.2, 0.25) is 0 Å². The highest BCUT2D eigenvalue weighted by Gasteiger charge is 2.11. The quantitative estimate of drug-likeness (QED) is 0.823. The molecule has 1 unspecified atom stereocenters. The smallest absolute Gasteiger partial charge is 0.149 e. The molecule has 4 nitrogen and oxygen atoms in total. The third kappa shape index (κ3) is 2.23. The fourth-order valence-electron chi connectivity index (χ4n) is 1.46. The second kappa shape index (κ2) is 4.37. The number of nitrogens with zero attached hydrogens (tertiary/aromatic N) is 3. The summed E-state index contributed by atoms with van der Waals surface area (Å²) in [4.78, 5) is 12.6. The SMILES string of the molecule is Cc1cnc(C(N)c2cncc(C)c2)nc1. The summed E-state index contributed by atoms with van der Waals surface area (Å²) in [6.07, 6.45) is 7.09. The van der Waals surface area contributed by atoms with E-state index in [2.05, 4.69) is 15.0 Å². The number of aryl methyl sites for hydroxylation is 2. The molecular formula is C12H14N4. The van der Waals surface area contributed by atoms with E-state index >= 15 is 0 Å². The Hall–Kier alpha value is -1.81. The zero-order valence-corrected chi connectivity index (χ0v) is 9.38. The van der Waals surface area contributed by atoms with Gasteiger partial charge >= 0.3 is 0 Å². The van der Waals surface area contributed by atoms with Crippen LogP contribution < -0.4 is 5.73 Å². The molecule has 0 saturated heterocycles. The highest BCUT2D eigenvalue weighted by atomic mass is 14.9. The van der Waals surface area contributed by atoms with Gasteiger partial charge < -0.3 is 5.73 Å². The standard InChI is InChI=1S/C12H14N4/c1-8-3-10(7-14-4-8)11(13)12-15-5-9(2)6-16-12/h3-7,11H,13H2,1-2H3. The molecule has 0 aliphatic heterocycles. The van der Waals surface area contributed by atoms with Crippen LogP contribution in [0.1, 0.15) is 28.6 Å². The van der Waals surface area contributed by atoms with E-state index in [0.29, 0.717) is 5.82 Å². The van der Waals surface area contributed by atoms with Crippen LogP contribution in [0.2, 0.25) is 0 Å². The van der Waals surface area contributed by atoms with Crippen molar-refractivity contribution >= 4 is 0 Å². The first-order chi connectivity index (χ1) is 7.66. The minimum absolute atomic E-state index is 0.312. The van der Waals surface area contributed by atoms with E-state index in [4.69, 9.17) is 5.73 Å². The van der Waals surface area contributed by atoms with Gasteiger partial charge in [-0.05, 0) is 30.5 Å². The molecule has 82 valence electrons. The molecule has 2 rings (SSSR count). The van der Waals surface area contributed by atoms with Gasteiger partial charge in [0.25, 0.3) is 0 Å². The van der Waals surface area contributed by atoms with E-state index in [1.807, 2.05) is 19.9 Å². The van der Waals surface area contributed by atoms with E-state index < -0.39 is 0 Å². The molecule has 1 atom stereocenters. The van der Waals surface area contributed by atoms with Crippen LogP contribution in [0.15, 0.2) is 30.9 Å². The van der Waals surface area contributed by atoms with Crippen LogP contribution in [-0.2, 0) is 0 Å². The van der Waals surface area contributed by atoms with Crippen molar-refractivity contribution in [1.29, 1.82) is 0 Å². The Labute approximate surface area is 94.6 Å². The van der Waals surface area contributed by atoms with Crippen molar-refractivity contribution in [2.24, 2.45) is 5.73 Å². The summed E-state index contributed by atoms with van der Waals surface area (Å²) in [6, 6.07) is 1.69. The van der Waals surface area contributed by atoms with Crippen LogP contribution >= 0.6 is 0 Å². The zero-order chi connectivity index (χ0) is 11.5. The molecule has 0 aliphatic rings. The monoisotopic (exact) mass is 214 g/mol. The molecule has 2 heterocycles. The molecule has 0 bridgehead atoms. The van der Waals surface area contributed by atoms with Gasteiger partial charge in [-0.3, -0.25) is 4.98 Å². The van der Waals surface area contributed by atoms with Crippen LogP contribution in [0, 0.1) is 13.8 Å². The fraction of sp³-hybridized carbons (Fsp3) is 0.250. The third-order valence-corrected chi connectivity index (χ3v) is 2.33. The first-order valence-corrected chi connectivity index (χ1v) is 5.12. The van der Waals surface area contributed by atoms with E-state index in [9.17, 15) is 0 Å². The maximum atomic E-state index is 6.07. The highest BCUT2D eigenvalue weighted by molar-refractivity contribution is 5.24. The molecular weight excluding hydrogens is 200 g/mol. The first kappa shape index (κ1) is 10.7. The number of pyridine rings is 1. The summed E-state index contributed by atoms with van der Waals surface area (Å²) >= 11 is 0. The second-order valence-corrected chi connectivity index (χ2v) is 3.89. The Morgan fingerprint density at radius 3 is 2.31 bits per heavy atom. The van der Waals surface area contributed by atoms with Gasteiger partial charge in [0.1, 0.15) is 5.82 Å².